The van der Waals surface area contributed by atoms with E-state index in [-0.39, 0.29) is 18.1 Å². The summed E-state index contributed by atoms with van der Waals surface area (Å²) in [6.07, 6.45) is 2.73. The van der Waals surface area contributed by atoms with Crippen molar-refractivity contribution in [1.82, 2.24) is 4.90 Å². The van der Waals surface area contributed by atoms with Gasteiger partial charge in [0, 0.05) is 25.9 Å². The Morgan fingerprint density at radius 3 is 2.58 bits per heavy atom. The average Bonchev–Trinajstić information content (AvgIpc) is 2.83. The number of hydrogen-bond donors (Lipinski definition) is 0. The number of hydrogen-bond acceptors (Lipinski definition) is 3. The van der Waals surface area contributed by atoms with E-state index < -0.39 is 0 Å². The summed E-state index contributed by atoms with van der Waals surface area (Å²) in [6.45, 7) is 3.88. The van der Waals surface area contributed by atoms with Crippen molar-refractivity contribution in [1.29, 1.82) is 0 Å². The second-order valence-electron chi connectivity index (χ2n) is 5.09. The molecule has 1 aromatic rings. The van der Waals surface area contributed by atoms with Crippen molar-refractivity contribution in [2.45, 2.75) is 32.6 Å². The molecule has 0 saturated carbocycles. The molecular weight excluding hydrogens is 282 g/mol. The molecule has 0 unspecified atom stereocenters. The molecule has 0 atom stereocenters. The molecule has 0 aliphatic carbocycles. The largest absolute Gasteiger partial charge is 0.343 e. The molecule has 0 N–H and O–H groups in total. The van der Waals surface area contributed by atoms with Crippen LogP contribution >= 0.6 is 22.9 Å². The van der Waals surface area contributed by atoms with Crippen molar-refractivity contribution >= 4 is 34.6 Å². The minimum atomic E-state index is 0.00984. The van der Waals surface area contributed by atoms with Crippen LogP contribution in [0.15, 0.2) is 12.1 Å². The number of ketones is 1. The van der Waals surface area contributed by atoms with E-state index in [2.05, 4.69) is 6.92 Å². The Morgan fingerprint density at radius 2 is 2.00 bits per heavy atom. The second-order valence-corrected chi connectivity index (χ2v) is 6.81. The molecule has 0 bridgehead atoms. The highest BCUT2D eigenvalue weighted by Crippen LogP contribution is 2.23. The normalized spacial score (nSPS) is 16.6. The zero-order chi connectivity index (χ0) is 13.8. The van der Waals surface area contributed by atoms with Gasteiger partial charge in [0.2, 0.25) is 5.91 Å². The predicted octanol–water partition coefficient (Wildman–Crippen LogP) is 3.62. The highest BCUT2D eigenvalue weighted by molar-refractivity contribution is 7.18. The molecule has 1 aliphatic heterocycles. The fraction of sp³-hybridized carbons (Fsp3) is 0.571. The molecule has 2 heterocycles. The number of piperidine rings is 1. The lowest BCUT2D eigenvalue weighted by molar-refractivity contribution is -0.132. The number of rotatable bonds is 4. The molecule has 1 aliphatic rings. The fourth-order valence-electron chi connectivity index (χ4n) is 2.22. The molecule has 0 radical (unpaired) electrons. The standard InChI is InChI=1S/C14H18ClNO2S/c1-10-6-8-16(9-7-10)14(18)5-2-11(17)12-3-4-13(15)19-12/h3-4,10H,2,5-9H2,1H3. The summed E-state index contributed by atoms with van der Waals surface area (Å²) < 4.78 is 0.611. The van der Waals surface area contributed by atoms with Gasteiger partial charge >= 0.3 is 0 Å². The number of halogens is 1. The number of thiophene rings is 1. The van der Waals surface area contributed by atoms with Crippen LogP contribution in [0.2, 0.25) is 4.34 Å². The molecule has 1 fully saturated rings. The lowest BCUT2D eigenvalue weighted by Gasteiger charge is -2.30. The van der Waals surface area contributed by atoms with Gasteiger partial charge in [-0.25, -0.2) is 0 Å². The number of amides is 1. The van der Waals surface area contributed by atoms with Gasteiger partial charge in [-0.2, -0.15) is 0 Å². The van der Waals surface area contributed by atoms with Crippen molar-refractivity contribution in [3.63, 3.8) is 0 Å². The molecule has 1 amide bonds. The Balaban J connectivity index is 1.79. The molecule has 5 heteroatoms. The first-order chi connectivity index (χ1) is 9.06. The Bertz CT molecular complexity index is 464. The zero-order valence-corrected chi connectivity index (χ0v) is 12.6. The van der Waals surface area contributed by atoms with Gasteiger partial charge in [0.15, 0.2) is 5.78 Å². The first kappa shape index (κ1) is 14.5. The molecule has 1 saturated heterocycles. The topological polar surface area (TPSA) is 37.4 Å². The van der Waals surface area contributed by atoms with Crippen molar-refractivity contribution in [3.05, 3.63) is 21.3 Å². The summed E-state index contributed by atoms with van der Waals surface area (Å²) in [5.74, 6) is 0.817. The van der Waals surface area contributed by atoms with E-state index >= 15 is 0 Å². The predicted molar refractivity (Wildman–Crippen MR) is 77.9 cm³/mol. The molecular formula is C14H18ClNO2S. The first-order valence-electron chi connectivity index (χ1n) is 6.62. The van der Waals surface area contributed by atoms with Gasteiger partial charge in [0.05, 0.1) is 9.21 Å². The van der Waals surface area contributed by atoms with Gasteiger partial charge in [0.1, 0.15) is 0 Å². The number of carbonyl (C=O) groups excluding carboxylic acids is 2. The summed E-state index contributed by atoms with van der Waals surface area (Å²) in [5, 5.41) is 0. The van der Waals surface area contributed by atoms with Gasteiger partial charge in [-0.1, -0.05) is 18.5 Å². The van der Waals surface area contributed by atoms with Crippen LogP contribution in [0.25, 0.3) is 0 Å². The third kappa shape index (κ3) is 4.05. The number of Topliss-reactive ketones (excluding diaryl/α,β-unsaturated/α-hetero) is 1. The van der Waals surface area contributed by atoms with E-state index in [4.69, 9.17) is 11.6 Å². The summed E-state index contributed by atoms with van der Waals surface area (Å²) in [4.78, 5) is 26.4. The summed E-state index contributed by atoms with van der Waals surface area (Å²) in [6, 6.07) is 3.44. The van der Waals surface area contributed by atoms with E-state index in [1.54, 1.807) is 12.1 Å². The van der Waals surface area contributed by atoms with Crippen molar-refractivity contribution in [2.75, 3.05) is 13.1 Å². The van der Waals surface area contributed by atoms with Gasteiger partial charge in [-0.05, 0) is 30.9 Å². The smallest absolute Gasteiger partial charge is 0.223 e. The Hall–Kier alpha value is -0.870. The van der Waals surface area contributed by atoms with Crippen LogP contribution in [0.5, 0.6) is 0 Å². The monoisotopic (exact) mass is 299 g/mol. The summed E-state index contributed by atoms with van der Waals surface area (Å²) in [5.41, 5.74) is 0. The maximum Gasteiger partial charge on any atom is 0.223 e. The third-order valence-corrected chi connectivity index (χ3v) is 4.82. The quantitative estimate of drug-likeness (QED) is 0.796. The van der Waals surface area contributed by atoms with Gasteiger partial charge in [-0.15, -0.1) is 11.3 Å². The third-order valence-electron chi connectivity index (χ3n) is 3.55. The minimum absolute atomic E-state index is 0.00984. The lowest BCUT2D eigenvalue weighted by Crippen LogP contribution is -2.37. The highest BCUT2D eigenvalue weighted by Gasteiger charge is 2.21. The maximum absolute atomic E-state index is 12.0. The van der Waals surface area contributed by atoms with Crippen LogP contribution in [0, 0.1) is 5.92 Å². The molecule has 0 aromatic carbocycles. The summed E-state index contributed by atoms with van der Waals surface area (Å²) in [7, 11) is 0. The van der Waals surface area contributed by atoms with E-state index in [1.807, 2.05) is 4.90 Å². The molecule has 104 valence electrons. The van der Waals surface area contributed by atoms with Gasteiger partial charge < -0.3 is 4.90 Å². The zero-order valence-electron chi connectivity index (χ0n) is 11.0. The summed E-state index contributed by atoms with van der Waals surface area (Å²) >= 11 is 7.07. The number of carbonyl (C=O) groups is 2. The number of nitrogens with zero attached hydrogens (tertiary/aromatic N) is 1. The average molecular weight is 300 g/mol. The first-order valence-corrected chi connectivity index (χ1v) is 7.82. The Morgan fingerprint density at radius 1 is 1.32 bits per heavy atom. The highest BCUT2D eigenvalue weighted by atomic mass is 35.5. The molecule has 1 aromatic heterocycles. The number of likely N-dealkylation sites (tertiary alicyclic amines) is 1. The fourth-order valence-corrected chi connectivity index (χ4v) is 3.23. The van der Waals surface area contributed by atoms with Crippen LogP contribution in [0.4, 0.5) is 0 Å². The van der Waals surface area contributed by atoms with E-state index in [1.165, 1.54) is 11.3 Å². The van der Waals surface area contributed by atoms with Crippen LogP contribution < -0.4 is 0 Å². The lowest BCUT2D eigenvalue weighted by atomic mass is 9.99. The van der Waals surface area contributed by atoms with Crippen LogP contribution in [-0.4, -0.2) is 29.7 Å². The van der Waals surface area contributed by atoms with Crippen LogP contribution in [-0.2, 0) is 4.79 Å². The minimum Gasteiger partial charge on any atom is -0.343 e. The molecule has 3 nitrogen and oxygen atoms in total. The molecule has 0 spiro atoms. The van der Waals surface area contributed by atoms with Crippen LogP contribution in [0.1, 0.15) is 42.3 Å². The van der Waals surface area contributed by atoms with Crippen molar-refractivity contribution in [2.24, 2.45) is 5.92 Å². The van der Waals surface area contributed by atoms with Gasteiger partial charge in [-0.3, -0.25) is 9.59 Å². The van der Waals surface area contributed by atoms with Crippen molar-refractivity contribution in [3.8, 4) is 0 Å². The molecule has 2 rings (SSSR count). The Labute approximate surface area is 122 Å². The maximum atomic E-state index is 12.0. The SMILES string of the molecule is CC1CCN(C(=O)CCC(=O)c2ccc(Cl)s2)CC1. The van der Waals surface area contributed by atoms with E-state index in [0.29, 0.717) is 21.6 Å². The Kier molecular flexibility index (Phi) is 4.99. The van der Waals surface area contributed by atoms with E-state index in [9.17, 15) is 9.59 Å². The molecule has 19 heavy (non-hydrogen) atoms. The van der Waals surface area contributed by atoms with Crippen molar-refractivity contribution < 1.29 is 9.59 Å². The van der Waals surface area contributed by atoms with E-state index in [0.717, 1.165) is 25.9 Å². The second kappa shape index (κ2) is 6.53. The van der Waals surface area contributed by atoms with Gasteiger partial charge in [0.25, 0.3) is 0 Å². The van der Waals surface area contributed by atoms with Crippen LogP contribution in [0.3, 0.4) is 0 Å².